The molecule has 12 atom stereocenters. The van der Waals surface area contributed by atoms with Crippen LogP contribution < -0.4 is 5.32 Å². The second-order valence-electron chi connectivity index (χ2n) is 20.4. The molecular weight excluding hydrogens is 955 g/mol. The Labute approximate surface area is 452 Å². The van der Waals surface area contributed by atoms with Gasteiger partial charge < -0.3 is 65.1 Å². The standard InChI is InChI=1S/C61H105NO13/c1-3-5-7-9-11-13-15-17-19-20-21-22-23-24-25-26-27-28-29-31-32-34-36-38-40-42-44-50(65)49(62-53(66)45-43-41-39-37-35-33-30-18-16-14-12-10-8-6-4-2)48-72-60-58(71)56(69)59(52(47-64)74-60)75-61-57(70)55(68)54(67)51(46-63)73-61/h6,8,12,14,18,28-30,34-37,42,44,49-52,54-61,63-65,67-71H,3-5,7,9-11,13,15-17,19-27,31-33,38-41,43,45-48H2,1-2H3,(H,62,66)/b8-6-,14-12-,29-28+,30-18-,36-34+,37-35-,44-42+. The van der Waals surface area contributed by atoms with Gasteiger partial charge in [0.25, 0.3) is 0 Å². The molecule has 0 spiro atoms. The molecule has 0 aromatic carbocycles. The fourth-order valence-electron chi connectivity index (χ4n) is 9.08. The van der Waals surface area contributed by atoms with Crippen molar-refractivity contribution in [2.45, 2.75) is 274 Å². The van der Waals surface area contributed by atoms with Gasteiger partial charge >= 0.3 is 0 Å². The van der Waals surface area contributed by atoms with Crippen LogP contribution in [-0.4, -0.2) is 140 Å². The zero-order valence-electron chi connectivity index (χ0n) is 46.3. The van der Waals surface area contributed by atoms with Gasteiger partial charge in [0.2, 0.25) is 5.91 Å². The Morgan fingerprint density at radius 1 is 0.493 bits per heavy atom. The molecule has 2 saturated heterocycles. The molecular formula is C61H105NO13. The molecule has 12 unspecified atom stereocenters. The molecule has 1 amide bonds. The Bertz CT molecular complexity index is 1580. The Hall–Kier alpha value is -2.83. The Balaban J connectivity index is 1.80. The number of nitrogens with one attached hydrogen (secondary N) is 1. The number of unbranched alkanes of at least 4 members (excludes halogenated alkanes) is 20. The normalized spacial score (nSPS) is 25.7. The topological polar surface area (TPSA) is 228 Å². The van der Waals surface area contributed by atoms with Gasteiger partial charge in [0, 0.05) is 6.42 Å². The number of hydrogen-bond acceptors (Lipinski definition) is 13. The van der Waals surface area contributed by atoms with Crippen molar-refractivity contribution < 1.29 is 64.6 Å². The molecule has 2 rings (SSSR count). The smallest absolute Gasteiger partial charge is 0.220 e. The van der Waals surface area contributed by atoms with E-state index in [-0.39, 0.29) is 18.9 Å². The highest BCUT2D eigenvalue weighted by atomic mass is 16.7. The average molecular weight is 1060 g/mol. The minimum atomic E-state index is -1.80. The van der Waals surface area contributed by atoms with E-state index in [9.17, 15) is 45.6 Å². The minimum absolute atomic E-state index is 0.213. The van der Waals surface area contributed by atoms with E-state index >= 15 is 0 Å². The molecule has 2 aliphatic rings. The maximum Gasteiger partial charge on any atom is 0.220 e. The monoisotopic (exact) mass is 1060 g/mol. The molecule has 14 nitrogen and oxygen atoms in total. The van der Waals surface area contributed by atoms with Crippen molar-refractivity contribution in [3.8, 4) is 0 Å². The first-order chi connectivity index (χ1) is 36.6. The SMILES string of the molecule is CC/C=C\C/C=C\C/C=C\C/C=C\CCCCC(=O)NC(COC1OC(CO)C(OC2OC(CO)C(O)C(O)C2O)C(O)C1O)C(O)/C=C/CC/C=C/CC/C=C/CCCCCCCCCCCCCCCCCC. The van der Waals surface area contributed by atoms with Crippen molar-refractivity contribution in [1.82, 2.24) is 5.32 Å². The average Bonchev–Trinajstić information content (AvgIpc) is 3.41. The molecule has 2 heterocycles. The summed E-state index contributed by atoms with van der Waals surface area (Å²) >= 11 is 0. The quantitative estimate of drug-likeness (QED) is 0.0205. The number of rotatable bonds is 45. The number of aliphatic hydroxyl groups excluding tert-OH is 8. The number of carbonyl (C=O) groups excluding carboxylic acids is 1. The van der Waals surface area contributed by atoms with Crippen LogP contribution in [0, 0.1) is 0 Å². The zero-order valence-corrected chi connectivity index (χ0v) is 46.3. The van der Waals surface area contributed by atoms with Crippen LogP contribution in [0.4, 0.5) is 0 Å². The zero-order chi connectivity index (χ0) is 54.6. The molecule has 14 heteroatoms. The van der Waals surface area contributed by atoms with Gasteiger partial charge in [0.1, 0.15) is 48.8 Å². The van der Waals surface area contributed by atoms with Gasteiger partial charge in [-0.05, 0) is 83.5 Å². The highest BCUT2D eigenvalue weighted by Gasteiger charge is 2.51. The third-order valence-corrected chi connectivity index (χ3v) is 13.8. The van der Waals surface area contributed by atoms with Gasteiger partial charge in [-0.3, -0.25) is 4.79 Å². The van der Waals surface area contributed by atoms with Crippen LogP contribution in [0.5, 0.6) is 0 Å². The number of ether oxygens (including phenoxy) is 4. The predicted octanol–water partition coefficient (Wildman–Crippen LogP) is 9.72. The summed E-state index contributed by atoms with van der Waals surface area (Å²) in [5, 5.41) is 86.9. The lowest BCUT2D eigenvalue weighted by Crippen LogP contribution is -2.65. The van der Waals surface area contributed by atoms with E-state index in [2.05, 4.69) is 92.1 Å². The first kappa shape index (κ1) is 68.3. The predicted molar refractivity (Wildman–Crippen MR) is 300 cm³/mol. The molecule has 0 aromatic rings. The molecule has 0 aromatic heterocycles. The third-order valence-electron chi connectivity index (χ3n) is 13.8. The summed E-state index contributed by atoms with van der Waals surface area (Å²) in [4.78, 5) is 13.2. The summed E-state index contributed by atoms with van der Waals surface area (Å²) in [6.07, 6.45) is 45.0. The molecule has 2 fully saturated rings. The maximum atomic E-state index is 13.2. The van der Waals surface area contributed by atoms with E-state index in [4.69, 9.17) is 18.9 Å². The lowest BCUT2D eigenvalue weighted by atomic mass is 9.97. The van der Waals surface area contributed by atoms with Crippen LogP contribution in [0.2, 0.25) is 0 Å². The summed E-state index contributed by atoms with van der Waals surface area (Å²) < 4.78 is 22.7. The van der Waals surface area contributed by atoms with E-state index in [1.54, 1.807) is 6.08 Å². The molecule has 75 heavy (non-hydrogen) atoms. The number of allylic oxidation sites excluding steroid dienone is 13. The van der Waals surface area contributed by atoms with Crippen LogP contribution in [0.25, 0.3) is 0 Å². The second kappa shape index (κ2) is 46.1. The summed E-state index contributed by atoms with van der Waals surface area (Å²) in [6.45, 7) is 2.62. The Kier molecular flexibility index (Phi) is 42.0. The first-order valence-corrected chi connectivity index (χ1v) is 29.3. The van der Waals surface area contributed by atoms with Crippen LogP contribution in [-0.2, 0) is 23.7 Å². The number of amides is 1. The Morgan fingerprint density at radius 3 is 1.47 bits per heavy atom. The fraction of sp³-hybridized carbons (Fsp3) is 0.754. The molecule has 9 N–H and O–H groups in total. The lowest BCUT2D eigenvalue weighted by Gasteiger charge is -2.46. The van der Waals surface area contributed by atoms with Crippen LogP contribution in [0.1, 0.15) is 200 Å². The van der Waals surface area contributed by atoms with Gasteiger partial charge in [0.05, 0.1) is 32.0 Å². The molecule has 0 bridgehead atoms. The van der Waals surface area contributed by atoms with Crippen molar-refractivity contribution in [1.29, 1.82) is 0 Å². The van der Waals surface area contributed by atoms with Gasteiger partial charge in [-0.15, -0.1) is 0 Å². The van der Waals surface area contributed by atoms with E-state index in [0.717, 1.165) is 64.2 Å². The van der Waals surface area contributed by atoms with Gasteiger partial charge in [-0.25, -0.2) is 0 Å². The fourth-order valence-corrected chi connectivity index (χ4v) is 9.08. The molecule has 0 aliphatic carbocycles. The first-order valence-electron chi connectivity index (χ1n) is 29.3. The van der Waals surface area contributed by atoms with Crippen LogP contribution in [0.3, 0.4) is 0 Å². The van der Waals surface area contributed by atoms with Crippen LogP contribution in [0.15, 0.2) is 85.1 Å². The second-order valence-corrected chi connectivity index (χ2v) is 20.4. The van der Waals surface area contributed by atoms with Crippen molar-refractivity contribution in [2.75, 3.05) is 19.8 Å². The summed E-state index contributed by atoms with van der Waals surface area (Å²) in [5.74, 6) is -0.297. The summed E-state index contributed by atoms with van der Waals surface area (Å²) in [5.41, 5.74) is 0. The van der Waals surface area contributed by atoms with E-state index in [1.165, 1.54) is 103 Å². The minimum Gasteiger partial charge on any atom is -0.394 e. The van der Waals surface area contributed by atoms with E-state index in [1.807, 2.05) is 6.08 Å². The van der Waals surface area contributed by atoms with Crippen molar-refractivity contribution in [2.24, 2.45) is 0 Å². The van der Waals surface area contributed by atoms with Gasteiger partial charge in [0.15, 0.2) is 12.6 Å². The van der Waals surface area contributed by atoms with Gasteiger partial charge in [-0.2, -0.15) is 0 Å². The van der Waals surface area contributed by atoms with Crippen molar-refractivity contribution in [3.05, 3.63) is 85.1 Å². The summed E-state index contributed by atoms with van der Waals surface area (Å²) in [6, 6.07) is -0.965. The lowest BCUT2D eigenvalue weighted by molar-refractivity contribution is -0.359. The Morgan fingerprint density at radius 2 is 0.933 bits per heavy atom. The summed E-state index contributed by atoms with van der Waals surface area (Å²) in [7, 11) is 0. The largest absolute Gasteiger partial charge is 0.394 e. The highest BCUT2D eigenvalue weighted by Crippen LogP contribution is 2.30. The van der Waals surface area contributed by atoms with Crippen LogP contribution >= 0.6 is 0 Å². The number of aliphatic hydroxyl groups is 8. The maximum absolute atomic E-state index is 13.2. The molecule has 0 radical (unpaired) electrons. The highest BCUT2D eigenvalue weighted by molar-refractivity contribution is 5.76. The van der Waals surface area contributed by atoms with E-state index in [0.29, 0.717) is 12.8 Å². The molecule has 2 aliphatic heterocycles. The van der Waals surface area contributed by atoms with Gasteiger partial charge in [-0.1, -0.05) is 195 Å². The number of carbonyl (C=O) groups is 1. The van der Waals surface area contributed by atoms with Crippen molar-refractivity contribution >= 4 is 5.91 Å². The molecule has 432 valence electrons. The molecule has 0 saturated carbocycles. The number of hydrogen-bond donors (Lipinski definition) is 9. The third kappa shape index (κ3) is 32.0. The van der Waals surface area contributed by atoms with Crippen molar-refractivity contribution in [3.63, 3.8) is 0 Å². The van der Waals surface area contributed by atoms with E-state index < -0.39 is 86.8 Å².